The van der Waals surface area contributed by atoms with Gasteiger partial charge in [-0.1, -0.05) is 18.1 Å². The second kappa shape index (κ2) is 11.2. The molecule has 0 atom stereocenters. The Balaban J connectivity index is 1.75. The van der Waals surface area contributed by atoms with E-state index in [0.717, 1.165) is 5.76 Å². The van der Waals surface area contributed by atoms with E-state index in [1.807, 2.05) is 41.6 Å². The molecule has 2 aromatic heterocycles. The van der Waals surface area contributed by atoms with Gasteiger partial charge in [0, 0.05) is 20.0 Å². The van der Waals surface area contributed by atoms with Gasteiger partial charge in [-0.2, -0.15) is 11.3 Å². The Morgan fingerprint density at radius 2 is 2.14 bits per heavy atom. The topological polar surface area (TPSA) is 51.9 Å². The number of esters is 1. The molecule has 5 nitrogen and oxygen atoms in total. The summed E-state index contributed by atoms with van der Waals surface area (Å²) >= 11 is 1.67. The molecular formula is C23H25NO4S. The minimum atomic E-state index is -0.846. The number of rotatable bonds is 8. The minimum absolute atomic E-state index is 0.368. The molecule has 0 N–H and O–H groups in total. The Kier molecular flexibility index (Phi) is 8.61. The summed E-state index contributed by atoms with van der Waals surface area (Å²) in [5.74, 6) is 12.4. The number of ether oxygens (including phenoxy) is 2. The predicted octanol–water partition coefficient (Wildman–Crippen LogP) is 4.36. The van der Waals surface area contributed by atoms with E-state index in [2.05, 4.69) is 35.1 Å². The van der Waals surface area contributed by atoms with E-state index in [1.165, 1.54) is 12.5 Å². The van der Waals surface area contributed by atoms with Crippen LogP contribution in [-0.4, -0.2) is 31.8 Å². The molecule has 0 spiro atoms. The summed E-state index contributed by atoms with van der Waals surface area (Å²) in [6.45, 7) is 6.19. The van der Waals surface area contributed by atoms with E-state index in [1.54, 1.807) is 25.2 Å². The fourth-order valence-electron chi connectivity index (χ4n) is 2.28. The lowest BCUT2D eigenvalue weighted by atomic mass is 10.1. The summed E-state index contributed by atoms with van der Waals surface area (Å²) in [4.78, 5) is 12.9. The van der Waals surface area contributed by atoms with Gasteiger partial charge in [-0.05, 0) is 60.1 Å². The van der Waals surface area contributed by atoms with Crippen LogP contribution in [0.3, 0.4) is 0 Å². The second-order valence-electron chi connectivity index (χ2n) is 6.73. The van der Waals surface area contributed by atoms with Crippen LogP contribution in [0.1, 0.15) is 32.1 Å². The maximum Gasteiger partial charge on any atom is 0.304 e. The van der Waals surface area contributed by atoms with Crippen molar-refractivity contribution >= 4 is 29.3 Å². The molecule has 2 heterocycles. The molecule has 152 valence electrons. The Hall–Kier alpha value is -2.93. The number of hydrogen-bond acceptors (Lipinski definition) is 6. The van der Waals surface area contributed by atoms with Crippen molar-refractivity contribution in [1.82, 2.24) is 0 Å². The smallest absolute Gasteiger partial charge is 0.304 e. The van der Waals surface area contributed by atoms with Crippen LogP contribution in [0.5, 0.6) is 0 Å². The van der Waals surface area contributed by atoms with Gasteiger partial charge in [-0.15, -0.1) is 0 Å². The van der Waals surface area contributed by atoms with Gasteiger partial charge in [0.2, 0.25) is 0 Å². The highest BCUT2D eigenvalue weighted by Gasteiger charge is 2.16. The summed E-state index contributed by atoms with van der Waals surface area (Å²) in [5, 5.41) is 4.13. The zero-order chi connectivity index (χ0) is 21.1. The van der Waals surface area contributed by atoms with Crippen LogP contribution in [0.25, 0.3) is 6.08 Å². The lowest BCUT2D eigenvalue weighted by molar-refractivity contribution is -0.148. The normalized spacial score (nSPS) is 10.8. The Bertz CT molecular complexity index is 933. The van der Waals surface area contributed by atoms with Gasteiger partial charge < -0.3 is 18.8 Å². The zero-order valence-electron chi connectivity index (χ0n) is 17.2. The molecule has 0 saturated carbocycles. The van der Waals surface area contributed by atoms with Gasteiger partial charge >= 0.3 is 5.97 Å². The summed E-state index contributed by atoms with van der Waals surface area (Å²) in [6, 6.07) is 5.84. The van der Waals surface area contributed by atoms with Crippen LogP contribution >= 0.6 is 11.3 Å². The third kappa shape index (κ3) is 8.74. The van der Waals surface area contributed by atoms with Gasteiger partial charge in [-0.3, -0.25) is 4.79 Å². The minimum Gasteiger partial charge on any atom is -0.447 e. The third-order valence-corrected chi connectivity index (χ3v) is 4.27. The molecule has 0 amide bonds. The van der Waals surface area contributed by atoms with E-state index in [9.17, 15) is 4.79 Å². The predicted molar refractivity (Wildman–Crippen MR) is 116 cm³/mol. The lowest BCUT2D eigenvalue weighted by Gasteiger charge is -2.16. The average Bonchev–Trinajstić information content (AvgIpc) is 3.31. The highest BCUT2D eigenvalue weighted by molar-refractivity contribution is 7.08. The van der Waals surface area contributed by atoms with Crippen molar-refractivity contribution in [3.05, 3.63) is 46.4 Å². The number of carbonyl (C=O) groups excluding carboxylic acids is 1. The first-order valence-corrected chi connectivity index (χ1v) is 10.1. The molecular weight excluding hydrogens is 386 g/mol. The van der Waals surface area contributed by atoms with Crippen LogP contribution in [0, 0.1) is 23.7 Å². The molecule has 0 aliphatic rings. The van der Waals surface area contributed by atoms with E-state index >= 15 is 0 Å². The van der Waals surface area contributed by atoms with Gasteiger partial charge in [0.05, 0.1) is 13.2 Å². The fourth-order valence-corrected chi connectivity index (χ4v) is 2.91. The third-order valence-electron chi connectivity index (χ3n) is 3.57. The van der Waals surface area contributed by atoms with Crippen molar-refractivity contribution < 1.29 is 18.7 Å². The molecule has 0 saturated heterocycles. The van der Waals surface area contributed by atoms with Crippen molar-refractivity contribution in [2.75, 3.05) is 25.1 Å². The molecule has 0 bridgehead atoms. The van der Waals surface area contributed by atoms with Crippen molar-refractivity contribution in [2.45, 2.75) is 33.0 Å². The zero-order valence-corrected chi connectivity index (χ0v) is 18.0. The summed E-state index contributed by atoms with van der Waals surface area (Å²) in [7, 11) is 1.89. The highest BCUT2D eigenvalue weighted by Crippen LogP contribution is 2.17. The summed E-state index contributed by atoms with van der Waals surface area (Å²) in [5.41, 5.74) is 0.336. The first-order valence-electron chi connectivity index (χ1n) is 9.12. The van der Waals surface area contributed by atoms with Gasteiger partial charge in [0.1, 0.15) is 12.4 Å². The number of hydrogen-bond donors (Lipinski definition) is 0. The van der Waals surface area contributed by atoms with Gasteiger partial charge in [0.15, 0.2) is 11.5 Å². The molecule has 0 aliphatic carbocycles. The standard InChI is InChI=1S/C23H25NO4S/c1-19(25)28-23(2,3)13-6-5-7-14-24(4)22-11-10-21(27-22)17-26-15-8-9-20-12-16-29-18-20/h8-12,16,18H,14-15,17H2,1-4H3/b9-8+. The van der Waals surface area contributed by atoms with Crippen LogP contribution < -0.4 is 4.90 Å². The van der Waals surface area contributed by atoms with Crippen LogP contribution in [0.15, 0.2) is 39.5 Å². The molecule has 29 heavy (non-hydrogen) atoms. The van der Waals surface area contributed by atoms with Crippen molar-refractivity contribution in [1.29, 1.82) is 0 Å². The molecule has 0 fully saturated rings. The van der Waals surface area contributed by atoms with Crippen molar-refractivity contribution in [3.63, 3.8) is 0 Å². The number of thiophene rings is 1. The molecule has 6 heteroatoms. The van der Waals surface area contributed by atoms with Crippen LogP contribution in [-0.2, 0) is 20.9 Å². The number of carbonyl (C=O) groups is 1. The first kappa shape index (κ1) is 22.4. The van der Waals surface area contributed by atoms with Crippen LogP contribution in [0.4, 0.5) is 5.88 Å². The molecule has 0 aromatic carbocycles. The largest absolute Gasteiger partial charge is 0.447 e. The Labute approximate surface area is 176 Å². The maximum absolute atomic E-state index is 11.0. The average molecular weight is 412 g/mol. The maximum atomic E-state index is 11.0. The van der Waals surface area contributed by atoms with E-state index < -0.39 is 5.60 Å². The number of furan rings is 1. The first-order chi connectivity index (χ1) is 13.9. The molecule has 0 unspecified atom stereocenters. The Morgan fingerprint density at radius 1 is 1.31 bits per heavy atom. The fraction of sp³-hybridized carbons (Fsp3) is 0.348. The SMILES string of the molecule is CC(=O)OC(C)(C)C#CC#CCN(C)c1ccc(COC/C=C/c2ccsc2)o1. The van der Waals surface area contributed by atoms with Gasteiger partial charge in [0.25, 0.3) is 0 Å². The Morgan fingerprint density at radius 3 is 2.86 bits per heavy atom. The van der Waals surface area contributed by atoms with Crippen LogP contribution in [0.2, 0.25) is 0 Å². The number of anilines is 1. The molecule has 0 radical (unpaired) electrons. The monoisotopic (exact) mass is 411 g/mol. The summed E-state index contributed by atoms with van der Waals surface area (Å²) < 4.78 is 16.5. The van der Waals surface area contributed by atoms with E-state index in [-0.39, 0.29) is 5.97 Å². The molecule has 0 aliphatic heterocycles. The van der Waals surface area contributed by atoms with E-state index in [4.69, 9.17) is 13.9 Å². The number of nitrogens with zero attached hydrogens (tertiary/aromatic N) is 1. The molecule has 2 aromatic rings. The van der Waals surface area contributed by atoms with E-state index in [0.29, 0.717) is 25.6 Å². The molecule has 2 rings (SSSR count). The summed E-state index contributed by atoms with van der Waals surface area (Å²) in [6.07, 6.45) is 4.02. The second-order valence-corrected chi connectivity index (χ2v) is 7.51. The van der Waals surface area contributed by atoms with Crippen molar-refractivity contribution in [2.24, 2.45) is 0 Å². The lowest BCUT2D eigenvalue weighted by Crippen LogP contribution is -2.24. The van der Waals surface area contributed by atoms with Crippen molar-refractivity contribution in [3.8, 4) is 23.7 Å². The quantitative estimate of drug-likeness (QED) is 0.367. The van der Waals surface area contributed by atoms with Gasteiger partial charge in [-0.25, -0.2) is 0 Å². The highest BCUT2D eigenvalue weighted by atomic mass is 32.1.